The van der Waals surface area contributed by atoms with E-state index in [0.717, 1.165) is 89.9 Å². The van der Waals surface area contributed by atoms with Crippen LogP contribution in [0.1, 0.15) is 143 Å². The standard InChI is InChI=1S/C30H51N5O5/c1-4-5-6-13-16-25(17-14-11-9-7-8-10-12-15-18-26(33)36)40-28(39)20-22-30(3,24-32)35-34-29(2,23-31)21-19-27(37)38/h25H,4-22H2,1-3H3,(H2,33,36)(H,37,38)/b35-34+. The van der Waals surface area contributed by atoms with E-state index in [1.807, 2.05) is 6.07 Å². The SMILES string of the molecule is CCCCCCC(CCCCCCCCCCC(N)=O)OC(=O)CCC(C)(C#N)/N=N/C(C)(C#N)CCC(=O)O. The fourth-order valence-corrected chi connectivity index (χ4v) is 4.21. The van der Waals surface area contributed by atoms with Gasteiger partial charge in [-0.25, -0.2) is 0 Å². The number of carbonyl (C=O) groups is 3. The molecular weight excluding hydrogens is 510 g/mol. The third kappa shape index (κ3) is 20.0. The number of unbranched alkanes of at least 4 members (excludes halogenated alkanes) is 10. The monoisotopic (exact) mass is 561 g/mol. The quantitative estimate of drug-likeness (QED) is 0.0689. The normalized spacial score (nSPS) is 14.9. The van der Waals surface area contributed by atoms with Gasteiger partial charge in [-0.15, -0.1) is 0 Å². The van der Waals surface area contributed by atoms with Gasteiger partial charge in [0.25, 0.3) is 0 Å². The molecule has 10 heteroatoms. The van der Waals surface area contributed by atoms with Crippen LogP contribution in [-0.2, 0) is 19.1 Å². The first-order chi connectivity index (χ1) is 19.0. The summed E-state index contributed by atoms with van der Waals surface area (Å²) in [4.78, 5) is 34.3. The first-order valence-electron chi connectivity index (χ1n) is 15.0. The van der Waals surface area contributed by atoms with Crippen molar-refractivity contribution < 1.29 is 24.2 Å². The highest BCUT2D eigenvalue weighted by atomic mass is 16.5. The minimum absolute atomic E-state index is 0.00267. The molecule has 0 radical (unpaired) electrons. The molecule has 0 fully saturated rings. The first-order valence-corrected chi connectivity index (χ1v) is 15.0. The molecule has 0 saturated heterocycles. The van der Waals surface area contributed by atoms with Crippen molar-refractivity contribution in [3.05, 3.63) is 0 Å². The van der Waals surface area contributed by atoms with Crippen molar-refractivity contribution >= 4 is 17.8 Å². The van der Waals surface area contributed by atoms with Gasteiger partial charge in [-0.05, 0) is 58.8 Å². The minimum Gasteiger partial charge on any atom is -0.481 e. The number of esters is 1. The maximum Gasteiger partial charge on any atom is 0.306 e. The fraction of sp³-hybridized carbons (Fsp3) is 0.833. The Hall–Kier alpha value is -3.01. The lowest BCUT2D eigenvalue weighted by molar-refractivity contribution is -0.150. The van der Waals surface area contributed by atoms with Crippen LogP contribution in [0.3, 0.4) is 0 Å². The van der Waals surface area contributed by atoms with E-state index in [9.17, 15) is 24.9 Å². The summed E-state index contributed by atoms with van der Waals surface area (Å²) in [7, 11) is 0. The Kier molecular flexibility index (Phi) is 20.1. The number of nitriles is 2. The number of aliphatic carboxylic acids is 1. The molecule has 0 aliphatic carbocycles. The van der Waals surface area contributed by atoms with Gasteiger partial charge >= 0.3 is 11.9 Å². The molecule has 0 rings (SSSR count). The van der Waals surface area contributed by atoms with Gasteiger partial charge in [0.1, 0.15) is 6.10 Å². The van der Waals surface area contributed by atoms with Gasteiger partial charge in [-0.2, -0.15) is 20.8 Å². The van der Waals surface area contributed by atoms with Crippen molar-refractivity contribution in [2.75, 3.05) is 0 Å². The topological polar surface area (TPSA) is 179 Å². The number of nitrogens with zero attached hydrogens (tertiary/aromatic N) is 4. The van der Waals surface area contributed by atoms with Gasteiger partial charge in [0.15, 0.2) is 11.1 Å². The number of carboxylic acid groups (broad SMARTS) is 1. The van der Waals surface area contributed by atoms with E-state index in [4.69, 9.17) is 15.6 Å². The number of hydrogen-bond donors (Lipinski definition) is 2. The molecule has 3 N–H and O–H groups in total. The second kappa shape index (κ2) is 21.8. The molecule has 1 amide bonds. The molecule has 0 aromatic carbocycles. The Labute approximate surface area is 240 Å². The average Bonchev–Trinajstić information content (AvgIpc) is 2.92. The zero-order valence-electron chi connectivity index (χ0n) is 25.0. The molecule has 226 valence electrons. The lowest BCUT2D eigenvalue weighted by Gasteiger charge is -2.21. The Bertz CT molecular complexity index is 866. The van der Waals surface area contributed by atoms with Gasteiger partial charge < -0.3 is 15.6 Å². The summed E-state index contributed by atoms with van der Waals surface area (Å²) < 4.78 is 5.82. The van der Waals surface area contributed by atoms with Crippen LogP contribution >= 0.6 is 0 Å². The Morgan fingerprint density at radius 2 is 1.23 bits per heavy atom. The van der Waals surface area contributed by atoms with Crippen molar-refractivity contribution in [1.82, 2.24) is 0 Å². The maximum atomic E-state index is 12.7. The molecule has 0 aliphatic rings. The number of carbonyl (C=O) groups excluding carboxylic acids is 2. The van der Waals surface area contributed by atoms with Crippen LogP contribution in [0.15, 0.2) is 10.2 Å². The highest BCUT2D eigenvalue weighted by Crippen LogP contribution is 2.24. The number of rotatable bonds is 25. The summed E-state index contributed by atoms with van der Waals surface area (Å²) in [5.74, 6) is -1.65. The van der Waals surface area contributed by atoms with Crippen LogP contribution in [0.5, 0.6) is 0 Å². The largest absolute Gasteiger partial charge is 0.481 e. The lowest BCUT2D eigenvalue weighted by Crippen LogP contribution is -2.26. The van der Waals surface area contributed by atoms with Gasteiger partial charge in [0.05, 0.1) is 12.1 Å². The van der Waals surface area contributed by atoms with E-state index in [-0.39, 0.29) is 43.7 Å². The van der Waals surface area contributed by atoms with Crippen LogP contribution < -0.4 is 5.73 Å². The molecule has 40 heavy (non-hydrogen) atoms. The number of amides is 1. The van der Waals surface area contributed by atoms with Gasteiger partial charge in [0, 0.05) is 19.3 Å². The lowest BCUT2D eigenvalue weighted by atomic mass is 9.97. The summed E-state index contributed by atoms with van der Waals surface area (Å²) in [5, 5.41) is 36.0. The Morgan fingerprint density at radius 3 is 1.68 bits per heavy atom. The van der Waals surface area contributed by atoms with Crippen molar-refractivity contribution in [3.8, 4) is 12.1 Å². The molecule has 0 aromatic heterocycles. The summed E-state index contributed by atoms with van der Waals surface area (Å²) >= 11 is 0. The summed E-state index contributed by atoms with van der Waals surface area (Å²) in [5.41, 5.74) is 2.48. The smallest absolute Gasteiger partial charge is 0.306 e. The summed E-state index contributed by atoms with van der Waals surface area (Å²) in [6, 6.07) is 4.01. The first kappa shape index (κ1) is 37.0. The molecule has 0 aliphatic heterocycles. The molecule has 0 heterocycles. The molecular formula is C30H51N5O5. The third-order valence-electron chi connectivity index (χ3n) is 6.99. The Morgan fingerprint density at radius 1 is 0.775 bits per heavy atom. The van der Waals surface area contributed by atoms with Gasteiger partial charge in [0.2, 0.25) is 5.91 Å². The molecule has 0 aromatic rings. The molecule has 0 bridgehead atoms. The second-order valence-corrected chi connectivity index (χ2v) is 11.2. The number of carboxylic acids is 1. The summed E-state index contributed by atoms with van der Waals surface area (Å²) in [6.45, 7) is 5.17. The van der Waals surface area contributed by atoms with E-state index in [2.05, 4.69) is 23.2 Å². The van der Waals surface area contributed by atoms with Gasteiger partial charge in [-0.3, -0.25) is 14.4 Å². The predicted molar refractivity (Wildman–Crippen MR) is 153 cm³/mol. The van der Waals surface area contributed by atoms with Crippen LogP contribution in [0.25, 0.3) is 0 Å². The van der Waals surface area contributed by atoms with Crippen molar-refractivity contribution in [2.24, 2.45) is 16.0 Å². The predicted octanol–water partition coefficient (Wildman–Crippen LogP) is 6.92. The highest BCUT2D eigenvalue weighted by Gasteiger charge is 2.30. The number of ether oxygens (including phenoxy) is 1. The molecule has 3 atom stereocenters. The summed E-state index contributed by atoms with van der Waals surface area (Å²) in [6.07, 6.45) is 14.7. The van der Waals surface area contributed by atoms with E-state index in [1.54, 1.807) is 6.92 Å². The van der Waals surface area contributed by atoms with Crippen LogP contribution in [0.2, 0.25) is 0 Å². The van der Waals surface area contributed by atoms with Crippen LogP contribution in [-0.4, -0.2) is 40.1 Å². The molecule has 3 unspecified atom stereocenters. The van der Waals surface area contributed by atoms with E-state index in [0.29, 0.717) is 6.42 Å². The maximum absolute atomic E-state index is 12.7. The molecule has 10 nitrogen and oxygen atoms in total. The van der Waals surface area contributed by atoms with Crippen molar-refractivity contribution in [2.45, 2.75) is 160 Å². The molecule has 0 saturated carbocycles. The number of hydrogen-bond acceptors (Lipinski definition) is 8. The third-order valence-corrected chi connectivity index (χ3v) is 6.99. The highest BCUT2D eigenvalue weighted by molar-refractivity contribution is 5.73. The van der Waals surface area contributed by atoms with E-state index >= 15 is 0 Å². The fourth-order valence-electron chi connectivity index (χ4n) is 4.21. The number of nitrogens with two attached hydrogens (primary N) is 1. The van der Waals surface area contributed by atoms with E-state index < -0.39 is 17.0 Å². The number of primary amides is 1. The number of azo groups is 1. The zero-order chi connectivity index (χ0) is 30.3. The van der Waals surface area contributed by atoms with Gasteiger partial charge in [-0.1, -0.05) is 64.7 Å². The van der Waals surface area contributed by atoms with Crippen molar-refractivity contribution in [3.63, 3.8) is 0 Å². The Balaban J connectivity index is 4.70. The minimum atomic E-state index is -1.36. The average molecular weight is 562 g/mol. The zero-order valence-corrected chi connectivity index (χ0v) is 25.0. The van der Waals surface area contributed by atoms with Crippen molar-refractivity contribution in [1.29, 1.82) is 10.5 Å². The second-order valence-electron chi connectivity index (χ2n) is 11.2. The molecule has 0 spiro atoms. The van der Waals surface area contributed by atoms with Crippen LogP contribution in [0, 0.1) is 22.7 Å². The van der Waals surface area contributed by atoms with Crippen LogP contribution in [0.4, 0.5) is 0 Å². The van der Waals surface area contributed by atoms with E-state index in [1.165, 1.54) is 6.92 Å².